The molecule has 0 bridgehead atoms. The van der Waals surface area contributed by atoms with Crippen LogP contribution in [0.25, 0.3) is 0 Å². The van der Waals surface area contributed by atoms with E-state index in [1.165, 1.54) is 12.1 Å². The lowest BCUT2D eigenvalue weighted by Gasteiger charge is -2.17. The Bertz CT molecular complexity index is 655. The SMILES string of the molecule is Cc1cc(C(=O)O)c(O)c(S(=O)(=O)N2CC=CC2)c1. The number of rotatable bonds is 3. The molecular weight excluding hydrogens is 270 g/mol. The lowest BCUT2D eigenvalue weighted by Crippen LogP contribution is -2.28. The van der Waals surface area contributed by atoms with E-state index in [1.54, 1.807) is 19.1 Å². The molecule has 19 heavy (non-hydrogen) atoms. The van der Waals surface area contributed by atoms with Gasteiger partial charge in [-0.25, -0.2) is 13.2 Å². The molecule has 0 saturated carbocycles. The molecule has 1 aliphatic rings. The summed E-state index contributed by atoms with van der Waals surface area (Å²) in [5, 5.41) is 18.8. The van der Waals surface area contributed by atoms with Crippen LogP contribution in [-0.4, -0.2) is 42.0 Å². The van der Waals surface area contributed by atoms with Crippen molar-refractivity contribution in [2.24, 2.45) is 0 Å². The van der Waals surface area contributed by atoms with E-state index < -0.39 is 27.3 Å². The van der Waals surface area contributed by atoms with E-state index in [2.05, 4.69) is 0 Å². The third-order valence-corrected chi connectivity index (χ3v) is 4.70. The van der Waals surface area contributed by atoms with E-state index in [9.17, 15) is 18.3 Å². The first-order chi connectivity index (χ1) is 8.84. The van der Waals surface area contributed by atoms with Gasteiger partial charge in [-0.15, -0.1) is 0 Å². The molecule has 0 unspecified atom stereocenters. The number of aromatic carboxylic acids is 1. The van der Waals surface area contributed by atoms with Crippen LogP contribution in [-0.2, 0) is 10.0 Å². The molecule has 0 spiro atoms. The quantitative estimate of drug-likeness (QED) is 0.806. The summed E-state index contributed by atoms with van der Waals surface area (Å²) in [4.78, 5) is 10.6. The molecule has 1 aliphatic heterocycles. The smallest absolute Gasteiger partial charge is 0.339 e. The zero-order valence-corrected chi connectivity index (χ0v) is 11.0. The molecule has 1 heterocycles. The van der Waals surface area contributed by atoms with Crippen LogP contribution < -0.4 is 0 Å². The van der Waals surface area contributed by atoms with Crippen LogP contribution in [0.5, 0.6) is 5.75 Å². The number of hydrogen-bond acceptors (Lipinski definition) is 4. The molecule has 2 rings (SSSR count). The molecule has 1 aromatic rings. The maximum Gasteiger partial charge on any atom is 0.339 e. The van der Waals surface area contributed by atoms with Crippen LogP contribution in [0, 0.1) is 6.92 Å². The third-order valence-electron chi connectivity index (χ3n) is 2.85. The van der Waals surface area contributed by atoms with Gasteiger partial charge in [-0.2, -0.15) is 4.31 Å². The number of sulfonamides is 1. The highest BCUT2D eigenvalue weighted by atomic mass is 32.2. The van der Waals surface area contributed by atoms with Crippen molar-refractivity contribution in [2.45, 2.75) is 11.8 Å². The largest absolute Gasteiger partial charge is 0.506 e. The summed E-state index contributed by atoms with van der Waals surface area (Å²) in [7, 11) is -3.89. The van der Waals surface area contributed by atoms with Gasteiger partial charge in [-0.1, -0.05) is 12.2 Å². The summed E-state index contributed by atoms with van der Waals surface area (Å²) in [5.74, 6) is -2.08. The molecule has 0 amide bonds. The highest BCUT2D eigenvalue weighted by Gasteiger charge is 2.30. The van der Waals surface area contributed by atoms with Gasteiger partial charge in [0, 0.05) is 13.1 Å². The average Bonchev–Trinajstić information content (AvgIpc) is 2.85. The van der Waals surface area contributed by atoms with E-state index in [0.717, 1.165) is 4.31 Å². The molecule has 0 atom stereocenters. The van der Waals surface area contributed by atoms with E-state index in [1.807, 2.05) is 0 Å². The summed E-state index contributed by atoms with van der Waals surface area (Å²) in [6.07, 6.45) is 3.39. The van der Waals surface area contributed by atoms with Gasteiger partial charge in [-0.3, -0.25) is 0 Å². The number of phenols is 1. The number of nitrogens with zero attached hydrogens (tertiary/aromatic N) is 1. The Balaban J connectivity index is 2.59. The van der Waals surface area contributed by atoms with Crippen molar-refractivity contribution in [1.29, 1.82) is 0 Å². The Morgan fingerprint density at radius 2 is 1.84 bits per heavy atom. The second-order valence-corrected chi connectivity index (χ2v) is 6.16. The van der Waals surface area contributed by atoms with E-state index in [4.69, 9.17) is 5.11 Å². The predicted molar refractivity (Wildman–Crippen MR) is 67.7 cm³/mol. The van der Waals surface area contributed by atoms with E-state index in [-0.39, 0.29) is 18.0 Å². The van der Waals surface area contributed by atoms with Crippen LogP contribution in [0.3, 0.4) is 0 Å². The maximum absolute atomic E-state index is 12.3. The molecule has 102 valence electrons. The molecular formula is C12H13NO5S. The van der Waals surface area contributed by atoms with Crippen LogP contribution in [0.4, 0.5) is 0 Å². The van der Waals surface area contributed by atoms with Crippen molar-refractivity contribution in [3.8, 4) is 5.75 Å². The Morgan fingerprint density at radius 3 is 2.37 bits per heavy atom. The Labute approximate surface area is 110 Å². The maximum atomic E-state index is 12.3. The monoisotopic (exact) mass is 283 g/mol. The molecule has 0 aromatic heterocycles. The summed E-state index contributed by atoms with van der Waals surface area (Å²) in [5.41, 5.74) is 0.0478. The predicted octanol–water partition coefficient (Wildman–Crippen LogP) is 0.959. The Hall–Kier alpha value is -1.86. The fourth-order valence-electron chi connectivity index (χ4n) is 1.90. The molecule has 0 fully saturated rings. The van der Waals surface area contributed by atoms with Gasteiger partial charge in [0.05, 0.1) is 0 Å². The molecule has 0 aliphatic carbocycles. The van der Waals surface area contributed by atoms with Crippen molar-refractivity contribution in [2.75, 3.05) is 13.1 Å². The van der Waals surface area contributed by atoms with E-state index in [0.29, 0.717) is 5.56 Å². The van der Waals surface area contributed by atoms with Gasteiger partial charge in [0.2, 0.25) is 10.0 Å². The number of benzene rings is 1. The topological polar surface area (TPSA) is 94.9 Å². The van der Waals surface area contributed by atoms with Gasteiger partial charge in [0.1, 0.15) is 16.2 Å². The van der Waals surface area contributed by atoms with Gasteiger partial charge < -0.3 is 10.2 Å². The van der Waals surface area contributed by atoms with Crippen LogP contribution in [0.1, 0.15) is 15.9 Å². The zero-order chi connectivity index (χ0) is 14.2. The lowest BCUT2D eigenvalue weighted by atomic mass is 10.1. The number of aromatic hydroxyl groups is 1. The number of hydrogen-bond donors (Lipinski definition) is 2. The fourth-order valence-corrected chi connectivity index (χ4v) is 3.43. The minimum absolute atomic E-state index is 0.220. The second kappa shape index (κ2) is 4.67. The number of carboxylic acid groups (broad SMARTS) is 1. The van der Waals surface area contributed by atoms with Gasteiger partial charge in [0.15, 0.2) is 0 Å². The number of carbonyl (C=O) groups is 1. The third kappa shape index (κ3) is 2.34. The molecule has 6 nitrogen and oxygen atoms in total. The van der Waals surface area contributed by atoms with Crippen molar-refractivity contribution in [3.63, 3.8) is 0 Å². The molecule has 0 radical (unpaired) electrons. The van der Waals surface area contributed by atoms with Crippen molar-refractivity contribution < 1.29 is 23.4 Å². The minimum Gasteiger partial charge on any atom is -0.506 e. The van der Waals surface area contributed by atoms with Gasteiger partial charge >= 0.3 is 5.97 Å². The summed E-state index contributed by atoms with van der Waals surface area (Å²) in [6.45, 7) is 2.02. The van der Waals surface area contributed by atoms with Gasteiger partial charge in [-0.05, 0) is 24.6 Å². The number of aryl methyl sites for hydroxylation is 1. The van der Waals surface area contributed by atoms with Crippen LogP contribution in [0.15, 0.2) is 29.2 Å². The second-order valence-electron chi connectivity index (χ2n) is 4.26. The normalized spacial score (nSPS) is 15.8. The first kappa shape index (κ1) is 13.6. The van der Waals surface area contributed by atoms with Crippen LogP contribution in [0.2, 0.25) is 0 Å². The van der Waals surface area contributed by atoms with Crippen LogP contribution >= 0.6 is 0 Å². The van der Waals surface area contributed by atoms with E-state index >= 15 is 0 Å². The highest BCUT2D eigenvalue weighted by Crippen LogP contribution is 2.31. The minimum atomic E-state index is -3.89. The fraction of sp³-hybridized carbons (Fsp3) is 0.250. The van der Waals surface area contributed by atoms with Gasteiger partial charge in [0.25, 0.3) is 0 Å². The highest BCUT2D eigenvalue weighted by molar-refractivity contribution is 7.89. The van der Waals surface area contributed by atoms with Crippen molar-refractivity contribution >= 4 is 16.0 Å². The standard InChI is InChI=1S/C12H13NO5S/c1-8-6-9(12(15)16)11(14)10(7-8)19(17,18)13-4-2-3-5-13/h2-3,6-7,14H,4-5H2,1H3,(H,15,16). The molecule has 1 aromatic carbocycles. The molecule has 2 N–H and O–H groups in total. The first-order valence-electron chi connectivity index (χ1n) is 5.56. The first-order valence-corrected chi connectivity index (χ1v) is 7.00. The Morgan fingerprint density at radius 1 is 1.26 bits per heavy atom. The zero-order valence-electron chi connectivity index (χ0n) is 10.2. The summed E-state index contributed by atoms with van der Waals surface area (Å²) < 4.78 is 25.8. The summed E-state index contributed by atoms with van der Waals surface area (Å²) in [6, 6.07) is 2.51. The van der Waals surface area contributed by atoms with Crippen molar-refractivity contribution in [1.82, 2.24) is 4.31 Å². The molecule has 0 saturated heterocycles. The summed E-state index contributed by atoms with van der Waals surface area (Å²) >= 11 is 0. The molecule has 7 heteroatoms. The average molecular weight is 283 g/mol. The van der Waals surface area contributed by atoms with Crippen molar-refractivity contribution in [3.05, 3.63) is 35.4 Å². The number of carboxylic acids is 1. The Kier molecular flexibility index (Phi) is 3.34. The lowest BCUT2D eigenvalue weighted by molar-refractivity contribution is 0.0693.